The number of aliphatic hydroxyl groups is 1. The number of aliphatic hydroxyl groups excluding tert-OH is 1. The van der Waals surface area contributed by atoms with E-state index >= 15 is 0 Å². The lowest BCUT2D eigenvalue weighted by atomic mass is 9.52. The Morgan fingerprint density at radius 2 is 2.12 bits per heavy atom. The number of rotatable bonds is 0. The molecule has 1 nitrogen and oxygen atoms in total. The molecule has 1 fully saturated rings. The van der Waals surface area contributed by atoms with Gasteiger partial charge < -0.3 is 5.11 Å². The van der Waals surface area contributed by atoms with E-state index in [4.69, 9.17) is 0 Å². The van der Waals surface area contributed by atoms with E-state index in [0.717, 1.165) is 30.8 Å². The van der Waals surface area contributed by atoms with E-state index in [1.165, 1.54) is 12.0 Å². The first-order valence-electron chi connectivity index (χ1n) is 6.44. The molecule has 0 heterocycles. The predicted octanol–water partition coefficient (Wildman–Crippen LogP) is 3.70. The van der Waals surface area contributed by atoms with Crippen molar-refractivity contribution in [2.75, 3.05) is 0 Å². The lowest BCUT2D eigenvalue weighted by molar-refractivity contribution is 0.0119. The minimum atomic E-state index is -0.252. The summed E-state index contributed by atoms with van der Waals surface area (Å²) in [5, 5.41) is 9.94. The van der Waals surface area contributed by atoms with Crippen LogP contribution in [-0.2, 0) is 0 Å². The molecule has 0 amide bonds. The van der Waals surface area contributed by atoms with Crippen LogP contribution in [-0.4, -0.2) is 11.2 Å². The Bertz CT molecular complexity index is 324. The van der Waals surface area contributed by atoms with Crippen LogP contribution in [0.15, 0.2) is 23.8 Å². The van der Waals surface area contributed by atoms with Gasteiger partial charge in [-0.3, -0.25) is 0 Å². The van der Waals surface area contributed by atoms with Gasteiger partial charge in [-0.05, 0) is 55.4 Å². The van der Waals surface area contributed by atoms with E-state index in [1.807, 2.05) is 0 Å². The molecule has 0 aromatic carbocycles. The highest BCUT2D eigenvalue weighted by Gasteiger charge is 2.47. The summed E-state index contributed by atoms with van der Waals surface area (Å²) in [5.74, 6) is 1.43. The van der Waals surface area contributed by atoms with Crippen molar-refractivity contribution in [3.05, 3.63) is 23.8 Å². The maximum atomic E-state index is 9.94. The third-order valence-corrected chi connectivity index (χ3v) is 4.72. The average Bonchev–Trinajstić information content (AvgIpc) is 2.24. The van der Waals surface area contributed by atoms with Crippen molar-refractivity contribution < 1.29 is 5.11 Å². The molecule has 3 atom stereocenters. The Balaban J connectivity index is 2.18. The summed E-state index contributed by atoms with van der Waals surface area (Å²) in [7, 11) is 0. The number of hydrogen-bond donors (Lipinski definition) is 1. The van der Waals surface area contributed by atoms with Crippen LogP contribution < -0.4 is 0 Å². The van der Waals surface area contributed by atoms with Gasteiger partial charge in [0.25, 0.3) is 0 Å². The molecule has 2 aliphatic rings. The minimum absolute atomic E-state index is 0.252. The second-order valence-electron chi connectivity index (χ2n) is 6.30. The molecule has 0 saturated heterocycles. The summed E-state index contributed by atoms with van der Waals surface area (Å²) < 4.78 is 0. The van der Waals surface area contributed by atoms with Gasteiger partial charge in [0.15, 0.2) is 0 Å². The Hall–Kier alpha value is -0.560. The van der Waals surface area contributed by atoms with Gasteiger partial charge in [0.1, 0.15) is 0 Å². The second-order valence-corrected chi connectivity index (χ2v) is 6.30. The zero-order valence-corrected chi connectivity index (χ0v) is 10.8. The average molecular weight is 220 g/mol. The van der Waals surface area contributed by atoms with Gasteiger partial charge in [0.2, 0.25) is 0 Å². The van der Waals surface area contributed by atoms with E-state index in [1.54, 1.807) is 0 Å². The van der Waals surface area contributed by atoms with Gasteiger partial charge in [-0.15, -0.1) is 0 Å². The first kappa shape index (κ1) is 11.9. The molecule has 0 unspecified atom stereocenters. The van der Waals surface area contributed by atoms with Crippen LogP contribution in [0.25, 0.3) is 0 Å². The van der Waals surface area contributed by atoms with Gasteiger partial charge in [-0.1, -0.05) is 32.1 Å². The summed E-state index contributed by atoms with van der Waals surface area (Å²) >= 11 is 0. The molecule has 1 saturated carbocycles. The smallest absolute Gasteiger partial charge is 0.0750 e. The molecule has 2 aliphatic carbocycles. The summed E-state index contributed by atoms with van der Waals surface area (Å²) in [6.07, 6.45) is 6.23. The van der Waals surface area contributed by atoms with Gasteiger partial charge >= 0.3 is 0 Å². The summed E-state index contributed by atoms with van der Waals surface area (Å²) in [6.45, 7) is 11.0. The Morgan fingerprint density at radius 3 is 2.75 bits per heavy atom. The SMILES string of the molecule is C=C1CC[C@@H](O)C(C)=CC[C@@H]2[C@@H]1CC2(C)C. The van der Waals surface area contributed by atoms with Crippen LogP contribution in [0.4, 0.5) is 0 Å². The first-order valence-corrected chi connectivity index (χ1v) is 6.44. The molecule has 0 radical (unpaired) electrons. The van der Waals surface area contributed by atoms with Crippen molar-refractivity contribution in [2.24, 2.45) is 17.3 Å². The van der Waals surface area contributed by atoms with Crippen molar-refractivity contribution >= 4 is 0 Å². The van der Waals surface area contributed by atoms with E-state index in [2.05, 4.69) is 33.4 Å². The Labute approximate surface area is 99.3 Å². The van der Waals surface area contributed by atoms with E-state index < -0.39 is 0 Å². The third-order valence-electron chi connectivity index (χ3n) is 4.72. The van der Waals surface area contributed by atoms with Crippen LogP contribution in [0.3, 0.4) is 0 Å². The Kier molecular flexibility index (Phi) is 3.00. The summed E-state index contributed by atoms with van der Waals surface area (Å²) in [6, 6.07) is 0. The number of hydrogen-bond acceptors (Lipinski definition) is 1. The van der Waals surface area contributed by atoms with Crippen molar-refractivity contribution in [1.29, 1.82) is 0 Å². The third kappa shape index (κ3) is 1.98. The molecule has 0 bridgehead atoms. The molecule has 0 aliphatic heterocycles. The van der Waals surface area contributed by atoms with Crippen molar-refractivity contribution in [3.8, 4) is 0 Å². The predicted molar refractivity (Wildman–Crippen MR) is 68.1 cm³/mol. The molecule has 0 aromatic heterocycles. The van der Waals surface area contributed by atoms with Crippen LogP contribution in [0.2, 0.25) is 0 Å². The van der Waals surface area contributed by atoms with E-state index in [9.17, 15) is 5.11 Å². The lowest BCUT2D eigenvalue weighted by Crippen LogP contribution is -2.44. The molecular weight excluding hydrogens is 196 g/mol. The molecule has 1 N–H and O–H groups in total. The quantitative estimate of drug-likeness (QED) is 0.617. The Morgan fingerprint density at radius 1 is 1.44 bits per heavy atom. The maximum Gasteiger partial charge on any atom is 0.0750 e. The largest absolute Gasteiger partial charge is 0.389 e. The second kappa shape index (κ2) is 4.03. The molecule has 90 valence electrons. The van der Waals surface area contributed by atoms with E-state index in [0.29, 0.717) is 11.3 Å². The molecule has 0 aromatic rings. The van der Waals surface area contributed by atoms with Gasteiger partial charge in [0.05, 0.1) is 6.10 Å². The van der Waals surface area contributed by atoms with Crippen molar-refractivity contribution in [2.45, 2.75) is 52.6 Å². The topological polar surface area (TPSA) is 20.2 Å². The van der Waals surface area contributed by atoms with Crippen LogP contribution in [0, 0.1) is 17.3 Å². The molecule has 2 rings (SSSR count). The van der Waals surface area contributed by atoms with Crippen molar-refractivity contribution in [1.82, 2.24) is 0 Å². The van der Waals surface area contributed by atoms with Gasteiger partial charge in [0, 0.05) is 0 Å². The molecule has 1 heteroatoms. The number of allylic oxidation sites excluding steroid dienone is 2. The monoisotopic (exact) mass is 220 g/mol. The van der Waals surface area contributed by atoms with Gasteiger partial charge in [-0.2, -0.15) is 0 Å². The van der Waals surface area contributed by atoms with Crippen LogP contribution >= 0.6 is 0 Å². The fourth-order valence-corrected chi connectivity index (χ4v) is 3.34. The highest BCUT2D eigenvalue weighted by molar-refractivity contribution is 5.18. The normalized spacial score (nSPS) is 38.6. The first-order chi connectivity index (χ1) is 7.42. The molecule has 16 heavy (non-hydrogen) atoms. The maximum absolute atomic E-state index is 9.94. The highest BCUT2D eigenvalue weighted by atomic mass is 16.3. The molecular formula is C15H24O. The summed E-state index contributed by atoms with van der Waals surface area (Å²) in [5.41, 5.74) is 2.97. The molecule has 0 spiro atoms. The van der Waals surface area contributed by atoms with E-state index in [-0.39, 0.29) is 6.10 Å². The van der Waals surface area contributed by atoms with Crippen LogP contribution in [0.1, 0.15) is 46.5 Å². The minimum Gasteiger partial charge on any atom is -0.389 e. The van der Waals surface area contributed by atoms with Crippen LogP contribution in [0.5, 0.6) is 0 Å². The van der Waals surface area contributed by atoms with Gasteiger partial charge in [-0.25, -0.2) is 0 Å². The lowest BCUT2D eigenvalue weighted by Gasteiger charge is -2.52. The summed E-state index contributed by atoms with van der Waals surface area (Å²) in [4.78, 5) is 0. The standard InChI is InChI=1S/C15H24O/c1-10-6-8-14(16)11(2)5-7-13-12(10)9-15(13,3)4/h5,12-14,16H,1,6-9H2,2-4H3/t12-,13-,14-/m1/s1. The number of fused-ring (bicyclic) bond motifs is 1. The highest BCUT2D eigenvalue weighted by Crippen LogP contribution is 2.56. The fraction of sp³-hybridized carbons (Fsp3) is 0.733. The fourth-order valence-electron chi connectivity index (χ4n) is 3.34. The zero-order valence-electron chi connectivity index (χ0n) is 10.8. The van der Waals surface area contributed by atoms with Crippen molar-refractivity contribution in [3.63, 3.8) is 0 Å². The zero-order chi connectivity index (χ0) is 11.9.